The van der Waals surface area contributed by atoms with Crippen LogP contribution in [-0.2, 0) is 6.54 Å². The summed E-state index contributed by atoms with van der Waals surface area (Å²) >= 11 is 0. The number of halogens is 1. The average Bonchev–Trinajstić information content (AvgIpc) is 2.61. The third-order valence-corrected chi connectivity index (χ3v) is 1.93. The van der Waals surface area contributed by atoms with E-state index in [2.05, 4.69) is 10.1 Å². The maximum atomic E-state index is 12.6. The maximum Gasteiger partial charge on any atom is 0.348 e. The van der Waals surface area contributed by atoms with Crippen molar-refractivity contribution in [2.75, 3.05) is 0 Å². The molecule has 5 nitrogen and oxygen atoms in total. The van der Waals surface area contributed by atoms with Gasteiger partial charge in [-0.15, -0.1) is 5.10 Å². The zero-order valence-electron chi connectivity index (χ0n) is 7.77. The van der Waals surface area contributed by atoms with E-state index in [-0.39, 0.29) is 18.1 Å². The predicted octanol–water partition coefficient (Wildman–Crippen LogP) is 0.158. The lowest BCUT2D eigenvalue weighted by Crippen LogP contribution is -2.15. The first-order valence-electron chi connectivity index (χ1n) is 4.35. The van der Waals surface area contributed by atoms with E-state index in [0.717, 1.165) is 4.68 Å². The van der Waals surface area contributed by atoms with E-state index in [9.17, 15) is 9.18 Å². The zero-order valence-corrected chi connectivity index (χ0v) is 7.77. The van der Waals surface area contributed by atoms with Gasteiger partial charge in [-0.25, -0.2) is 9.18 Å². The molecular weight excluding hydrogens is 199 g/mol. The molecule has 0 amide bonds. The summed E-state index contributed by atoms with van der Waals surface area (Å²) in [7, 11) is 0. The molecule has 0 aliphatic carbocycles. The molecule has 78 valence electrons. The standard InChI is InChI=1S/C9H9FN4O/c10-6-1-3-7(4-2-6)14-9(15)12-8(5-11)13-14/h1-4H,5,11H2,(H,12,13,15). The SMILES string of the molecule is NCc1nn(-c2ccc(F)cc2)c(=O)[nH]1. The lowest BCUT2D eigenvalue weighted by molar-refractivity contribution is 0.626. The van der Waals surface area contributed by atoms with Crippen molar-refractivity contribution in [3.8, 4) is 5.69 Å². The largest absolute Gasteiger partial charge is 0.348 e. The number of hydrogen-bond acceptors (Lipinski definition) is 3. The Morgan fingerprint density at radius 2 is 2.07 bits per heavy atom. The summed E-state index contributed by atoms with van der Waals surface area (Å²) < 4.78 is 13.8. The van der Waals surface area contributed by atoms with E-state index in [4.69, 9.17) is 5.73 Å². The molecule has 0 fully saturated rings. The Bertz CT molecular complexity index is 514. The highest BCUT2D eigenvalue weighted by molar-refractivity contribution is 5.30. The molecule has 0 saturated carbocycles. The van der Waals surface area contributed by atoms with Gasteiger partial charge in [0.25, 0.3) is 0 Å². The summed E-state index contributed by atoms with van der Waals surface area (Å²) in [5, 5.41) is 3.93. The molecule has 0 atom stereocenters. The molecule has 6 heteroatoms. The van der Waals surface area contributed by atoms with Gasteiger partial charge in [0.1, 0.15) is 11.6 Å². The number of benzene rings is 1. The minimum atomic E-state index is -0.387. The van der Waals surface area contributed by atoms with Crippen molar-refractivity contribution in [1.82, 2.24) is 14.8 Å². The number of aromatic amines is 1. The van der Waals surface area contributed by atoms with Gasteiger partial charge in [0.15, 0.2) is 0 Å². The molecule has 0 unspecified atom stereocenters. The molecule has 3 N–H and O–H groups in total. The third-order valence-electron chi connectivity index (χ3n) is 1.93. The summed E-state index contributed by atoms with van der Waals surface area (Å²) in [5.41, 5.74) is 5.44. The van der Waals surface area contributed by atoms with Gasteiger partial charge < -0.3 is 5.73 Å². The van der Waals surface area contributed by atoms with Gasteiger partial charge in [0, 0.05) is 0 Å². The van der Waals surface area contributed by atoms with Gasteiger partial charge in [-0.3, -0.25) is 4.98 Å². The van der Waals surface area contributed by atoms with Crippen molar-refractivity contribution in [1.29, 1.82) is 0 Å². The van der Waals surface area contributed by atoms with Crippen molar-refractivity contribution < 1.29 is 4.39 Å². The minimum Gasteiger partial charge on any atom is -0.324 e. The van der Waals surface area contributed by atoms with Crippen LogP contribution in [-0.4, -0.2) is 14.8 Å². The molecule has 0 aliphatic heterocycles. The van der Waals surface area contributed by atoms with Gasteiger partial charge in [0.2, 0.25) is 0 Å². The van der Waals surface area contributed by atoms with Crippen molar-refractivity contribution in [3.05, 3.63) is 46.4 Å². The lowest BCUT2D eigenvalue weighted by atomic mass is 10.3. The first-order chi connectivity index (χ1) is 7.20. The second-order valence-electron chi connectivity index (χ2n) is 2.97. The van der Waals surface area contributed by atoms with Crippen LogP contribution in [0.5, 0.6) is 0 Å². The fourth-order valence-corrected chi connectivity index (χ4v) is 1.22. The molecule has 2 aromatic rings. The van der Waals surface area contributed by atoms with Gasteiger partial charge in [-0.2, -0.15) is 4.68 Å². The summed E-state index contributed by atoms with van der Waals surface area (Å²) in [6, 6.07) is 5.47. The number of H-pyrrole nitrogens is 1. The Morgan fingerprint density at radius 1 is 1.40 bits per heavy atom. The maximum absolute atomic E-state index is 12.6. The van der Waals surface area contributed by atoms with E-state index in [1.165, 1.54) is 24.3 Å². The van der Waals surface area contributed by atoms with E-state index >= 15 is 0 Å². The van der Waals surface area contributed by atoms with Gasteiger partial charge in [0.05, 0.1) is 12.2 Å². The first kappa shape index (κ1) is 9.60. The molecule has 2 rings (SSSR count). The normalized spacial score (nSPS) is 10.5. The van der Waals surface area contributed by atoms with E-state index in [1.807, 2.05) is 0 Å². The topological polar surface area (TPSA) is 76.7 Å². The Kier molecular flexibility index (Phi) is 2.34. The average molecular weight is 208 g/mol. The van der Waals surface area contributed by atoms with Crippen LogP contribution in [0.4, 0.5) is 4.39 Å². The quantitative estimate of drug-likeness (QED) is 0.738. The zero-order chi connectivity index (χ0) is 10.8. The van der Waals surface area contributed by atoms with E-state index in [0.29, 0.717) is 11.5 Å². The Morgan fingerprint density at radius 3 is 2.60 bits per heavy atom. The second kappa shape index (κ2) is 3.66. The van der Waals surface area contributed by atoms with Crippen molar-refractivity contribution >= 4 is 0 Å². The molecule has 0 aliphatic rings. The van der Waals surface area contributed by atoms with Crippen LogP contribution in [0, 0.1) is 5.82 Å². The number of nitrogens with two attached hydrogens (primary N) is 1. The molecule has 0 spiro atoms. The summed E-state index contributed by atoms with van der Waals surface area (Å²) in [5.74, 6) is 0.0331. The molecule has 1 aromatic carbocycles. The molecule has 1 aromatic heterocycles. The van der Waals surface area contributed by atoms with Crippen molar-refractivity contribution in [2.24, 2.45) is 5.73 Å². The van der Waals surface area contributed by atoms with E-state index in [1.54, 1.807) is 0 Å². The Labute approximate surface area is 84.3 Å². The van der Waals surface area contributed by atoms with Gasteiger partial charge >= 0.3 is 5.69 Å². The fraction of sp³-hybridized carbons (Fsp3) is 0.111. The number of rotatable bonds is 2. The smallest absolute Gasteiger partial charge is 0.324 e. The highest BCUT2D eigenvalue weighted by Crippen LogP contribution is 2.05. The molecule has 15 heavy (non-hydrogen) atoms. The fourth-order valence-electron chi connectivity index (χ4n) is 1.22. The number of hydrogen-bond donors (Lipinski definition) is 2. The minimum absolute atomic E-state index is 0.156. The second-order valence-corrected chi connectivity index (χ2v) is 2.97. The van der Waals surface area contributed by atoms with E-state index < -0.39 is 0 Å². The monoisotopic (exact) mass is 208 g/mol. The van der Waals surface area contributed by atoms with Crippen LogP contribution < -0.4 is 11.4 Å². The summed E-state index contributed by atoms with van der Waals surface area (Å²) in [6.45, 7) is 0.156. The first-order valence-corrected chi connectivity index (χ1v) is 4.35. The lowest BCUT2D eigenvalue weighted by Gasteiger charge is -1.97. The highest BCUT2D eigenvalue weighted by Gasteiger charge is 2.05. The Balaban J connectivity index is 2.49. The molecule has 0 bridgehead atoms. The summed E-state index contributed by atoms with van der Waals surface area (Å²) in [4.78, 5) is 13.9. The number of nitrogens with zero attached hydrogens (tertiary/aromatic N) is 2. The number of aromatic nitrogens is 3. The van der Waals surface area contributed by atoms with Crippen molar-refractivity contribution in [3.63, 3.8) is 0 Å². The van der Waals surface area contributed by atoms with Crippen LogP contribution in [0.15, 0.2) is 29.1 Å². The molecule has 0 radical (unpaired) electrons. The summed E-state index contributed by atoms with van der Waals surface area (Å²) in [6.07, 6.45) is 0. The molecular formula is C9H9FN4O. The molecule has 1 heterocycles. The Hall–Kier alpha value is -1.95. The van der Waals surface area contributed by atoms with Crippen LogP contribution in [0.25, 0.3) is 5.69 Å². The van der Waals surface area contributed by atoms with Crippen LogP contribution in [0.3, 0.4) is 0 Å². The van der Waals surface area contributed by atoms with Crippen LogP contribution >= 0.6 is 0 Å². The van der Waals surface area contributed by atoms with Crippen molar-refractivity contribution in [2.45, 2.75) is 6.54 Å². The van der Waals surface area contributed by atoms with Gasteiger partial charge in [-0.1, -0.05) is 0 Å². The van der Waals surface area contributed by atoms with Crippen LogP contribution in [0.1, 0.15) is 5.82 Å². The third kappa shape index (κ3) is 1.79. The van der Waals surface area contributed by atoms with Crippen LogP contribution in [0.2, 0.25) is 0 Å². The highest BCUT2D eigenvalue weighted by atomic mass is 19.1. The predicted molar refractivity (Wildman–Crippen MR) is 52.0 cm³/mol. The number of nitrogens with one attached hydrogen (secondary N) is 1. The molecule has 0 saturated heterocycles. The van der Waals surface area contributed by atoms with Gasteiger partial charge in [-0.05, 0) is 24.3 Å².